The lowest BCUT2D eigenvalue weighted by Crippen LogP contribution is -2.49. The van der Waals surface area contributed by atoms with E-state index >= 15 is 0 Å². The SMILES string of the molecule is Cc1nn(C)c(Cl)c1CC(=O)NC1(CO)CCCC1. The summed E-state index contributed by atoms with van der Waals surface area (Å²) in [4.78, 5) is 12.1. The first kappa shape index (κ1) is 14.3. The van der Waals surface area contributed by atoms with E-state index in [0.29, 0.717) is 5.15 Å². The molecule has 1 saturated carbocycles. The van der Waals surface area contributed by atoms with Gasteiger partial charge in [0.1, 0.15) is 5.15 Å². The molecule has 1 heterocycles. The Morgan fingerprint density at radius 1 is 1.53 bits per heavy atom. The van der Waals surface area contributed by atoms with E-state index in [1.54, 1.807) is 11.7 Å². The minimum atomic E-state index is -0.431. The molecule has 1 aliphatic rings. The van der Waals surface area contributed by atoms with Crippen LogP contribution in [0, 0.1) is 6.92 Å². The molecule has 0 unspecified atom stereocenters. The van der Waals surface area contributed by atoms with E-state index in [4.69, 9.17) is 11.6 Å². The number of nitrogens with zero attached hydrogens (tertiary/aromatic N) is 2. The van der Waals surface area contributed by atoms with E-state index in [-0.39, 0.29) is 18.9 Å². The minimum absolute atomic E-state index is 0.00149. The molecule has 0 aromatic carbocycles. The van der Waals surface area contributed by atoms with Gasteiger partial charge in [-0.05, 0) is 19.8 Å². The molecule has 1 aliphatic carbocycles. The molecule has 0 saturated heterocycles. The Bertz CT molecular complexity index is 478. The van der Waals surface area contributed by atoms with E-state index in [1.165, 1.54) is 0 Å². The van der Waals surface area contributed by atoms with E-state index in [1.807, 2.05) is 6.92 Å². The molecule has 0 radical (unpaired) electrons. The molecule has 19 heavy (non-hydrogen) atoms. The Kier molecular flexibility index (Phi) is 4.16. The number of amides is 1. The van der Waals surface area contributed by atoms with E-state index < -0.39 is 5.54 Å². The second-order valence-electron chi connectivity index (χ2n) is 5.35. The van der Waals surface area contributed by atoms with Crippen molar-refractivity contribution >= 4 is 17.5 Å². The summed E-state index contributed by atoms with van der Waals surface area (Å²) in [6.07, 6.45) is 3.99. The second-order valence-corrected chi connectivity index (χ2v) is 5.71. The zero-order valence-corrected chi connectivity index (χ0v) is 12.1. The van der Waals surface area contributed by atoms with Crippen LogP contribution in [-0.2, 0) is 18.3 Å². The first-order chi connectivity index (χ1) is 8.97. The first-order valence-corrected chi connectivity index (χ1v) is 6.95. The van der Waals surface area contributed by atoms with Crippen molar-refractivity contribution in [2.75, 3.05) is 6.61 Å². The molecule has 1 fully saturated rings. The Balaban J connectivity index is 2.05. The molecule has 6 heteroatoms. The van der Waals surface area contributed by atoms with Gasteiger partial charge in [-0.3, -0.25) is 9.48 Å². The van der Waals surface area contributed by atoms with Crippen molar-refractivity contribution in [1.82, 2.24) is 15.1 Å². The first-order valence-electron chi connectivity index (χ1n) is 6.57. The van der Waals surface area contributed by atoms with Crippen molar-refractivity contribution in [2.24, 2.45) is 7.05 Å². The van der Waals surface area contributed by atoms with Crippen LogP contribution >= 0.6 is 11.6 Å². The molecule has 1 amide bonds. The number of aryl methyl sites for hydroxylation is 2. The fourth-order valence-electron chi connectivity index (χ4n) is 2.75. The quantitative estimate of drug-likeness (QED) is 0.877. The monoisotopic (exact) mass is 285 g/mol. The van der Waals surface area contributed by atoms with Gasteiger partial charge in [0.2, 0.25) is 5.91 Å². The number of nitrogens with one attached hydrogen (secondary N) is 1. The number of aliphatic hydroxyl groups excluding tert-OH is 1. The maximum Gasteiger partial charge on any atom is 0.225 e. The summed E-state index contributed by atoms with van der Waals surface area (Å²) in [5.41, 5.74) is 1.10. The average Bonchev–Trinajstić information content (AvgIpc) is 2.91. The van der Waals surface area contributed by atoms with Crippen molar-refractivity contribution in [3.8, 4) is 0 Å². The Morgan fingerprint density at radius 3 is 2.63 bits per heavy atom. The summed E-state index contributed by atoms with van der Waals surface area (Å²) < 4.78 is 1.57. The molecule has 0 atom stereocenters. The van der Waals surface area contributed by atoms with Crippen LogP contribution in [0.2, 0.25) is 5.15 Å². The van der Waals surface area contributed by atoms with Crippen LogP contribution in [0.15, 0.2) is 0 Å². The summed E-state index contributed by atoms with van der Waals surface area (Å²) in [5, 5.41) is 17.1. The van der Waals surface area contributed by atoms with E-state index in [2.05, 4.69) is 10.4 Å². The predicted octanol–water partition coefficient (Wildman–Crippen LogP) is 1.35. The smallest absolute Gasteiger partial charge is 0.225 e. The van der Waals surface area contributed by atoms with Crippen molar-refractivity contribution in [3.63, 3.8) is 0 Å². The number of hydrogen-bond donors (Lipinski definition) is 2. The van der Waals surface area contributed by atoms with Crippen LogP contribution in [0.3, 0.4) is 0 Å². The van der Waals surface area contributed by atoms with Gasteiger partial charge in [-0.15, -0.1) is 0 Å². The summed E-state index contributed by atoms with van der Waals surface area (Å²) in [6, 6.07) is 0. The van der Waals surface area contributed by atoms with E-state index in [0.717, 1.165) is 36.9 Å². The van der Waals surface area contributed by atoms with E-state index in [9.17, 15) is 9.90 Å². The van der Waals surface area contributed by atoms with Crippen molar-refractivity contribution in [2.45, 2.75) is 44.6 Å². The Hall–Kier alpha value is -1.07. The highest BCUT2D eigenvalue weighted by atomic mass is 35.5. The molecule has 0 bridgehead atoms. The zero-order chi connectivity index (χ0) is 14.0. The van der Waals surface area contributed by atoms with Crippen LogP contribution in [-0.4, -0.2) is 32.9 Å². The largest absolute Gasteiger partial charge is 0.394 e. The van der Waals surface area contributed by atoms with Gasteiger partial charge >= 0.3 is 0 Å². The van der Waals surface area contributed by atoms with Gasteiger partial charge < -0.3 is 10.4 Å². The number of rotatable bonds is 4. The fourth-order valence-corrected chi connectivity index (χ4v) is 2.99. The lowest BCUT2D eigenvalue weighted by Gasteiger charge is -2.28. The van der Waals surface area contributed by atoms with Gasteiger partial charge in [0.05, 0.1) is 24.3 Å². The highest BCUT2D eigenvalue weighted by molar-refractivity contribution is 6.30. The molecule has 106 valence electrons. The normalized spacial score (nSPS) is 17.7. The van der Waals surface area contributed by atoms with Gasteiger partial charge in [0, 0.05) is 12.6 Å². The third-order valence-corrected chi connectivity index (χ3v) is 4.35. The molecule has 5 nitrogen and oxygen atoms in total. The van der Waals surface area contributed by atoms with Gasteiger partial charge in [-0.2, -0.15) is 5.10 Å². The third-order valence-electron chi connectivity index (χ3n) is 3.88. The highest BCUT2D eigenvalue weighted by Gasteiger charge is 2.34. The summed E-state index contributed by atoms with van der Waals surface area (Å²) in [5.74, 6) is -0.103. The maximum atomic E-state index is 12.1. The Morgan fingerprint density at radius 2 is 2.16 bits per heavy atom. The average molecular weight is 286 g/mol. The lowest BCUT2D eigenvalue weighted by molar-refractivity contribution is -0.122. The second kappa shape index (κ2) is 5.51. The predicted molar refractivity (Wildman–Crippen MR) is 73.1 cm³/mol. The molecular weight excluding hydrogens is 266 g/mol. The molecule has 0 aliphatic heterocycles. The van der Waals surface area contributed by atoms with Crippen molar-refractivity contribution in [1.29, 1.82) is 0 Å². The zero-order valence-electron chi connectivity index (χ0n) is 11.4. The summed E-state index contributed by atoms with van der Waals surface area (Å²) in [7, 11) is 1.75. The third kappa shape index (κ3) is 2.92. The molecule has 0 spiro atoms. The maximum absolute atomic E-state index is 12.1. The van der Waals surface area contributed by atoms with Crippen LogP contribution in [0.4, 0.5) is 0 Å². The number of aliphatic hydroxyl groups is 1. The highest BCUT2D eigenvalue weighted by Crippen LogP contribution is 2.29. The van der Waals surface area contributed by atoms with Crippen molar-refractivity contribution < 1.29 is 9.90 Å². The number of halogens is 1. The Labute approximate surface area is 117 Å². The standard InChI is InChI=1S/C13H20ClN3O2/c1-9-10(12(14)17(2)16-9)7-11(19)15-13(8-18)5-3-4-6-13/h18H,3-8H2,1-2H3,(H,15,19). The fraction of sp³-hybridized carbons (Fsp3) is 0.692. The minimum Gasteiger partial charge on any atom is -0.394 e. The lowest BCUT2D eigenvalue weighted by atomic mass is 9.98. The van der Waals surface area contributed by atoms with Crippen LogP contribution in [0.1, 0.15) is 36.9 Å². The summed E-state index contributed by atoms with van der Waals surface area (Å²) in [6.45, 7) is 1.84. The summed E-state index contributed by atoms with van der Waals surface area (Å²) >= 11 is 6.11. The van der Waals surface area contributed by atoms with Gasteiger partial charge in [-0.1, -0.05) is 24.4 Å². The van der Waals surface area contributed by atoms with Crippen molar-refractivity contribution in [3.05, 3.63) is 16.4 Å². The molecule has 2 rings (SSSR count). The van der Waals surface area contributed by atoms with Gasteiger partial charge in [0.25, 0.3) is 0 Å². The molecular formula is C13H20ClN3O2. The van der Waals surface area contributed by atoms with Crippen LogP contribution < -0.4 is 5.32 Å². The molecule has 1 aromatic heterocycles. The number of carbonyl (C=O) groups excluding carboxylic acids is 1. The molecule has 1 aromatic rings. The van der Waals surface area contributed by atoms with Gasteiger partial charge in [0.15, 0.2) is 0 Å². The van der Waals surface area contributed by atoms with Crippen LogP contribution in [0.25, 0.3) is 0 Å². The van der Waals surface area contributed by atoms with Gasteiger partial charge in [-0.25, -0.2) is 0 Å². The number of carbonyl (C=O) groups is 1. The number of hydrogen-bond acceptors (Lipinski definition) is 3. The van der Waals surface area contributed by atoms with Crippen LogP contribution in [0.5, 0.6) is 0 Å². The topological polar surface area (TPSA) is 67.2 Å². The number of aromatic nitrogens is 2. The molecule has 2 N–H and O–H groups in total.